The second-order valence-electron chi connectivity index (χ2n) is 6.79. The number of rotatable bonds is 3. The average Bonchev–Trinajstić information content (AvgIpc) is 3.12. The van der Waals surface area contributed by atoms with Crippen molar-refractivity contribution in [2.75, 3.05) is 38.1 Å². The van der Waals surface area contributed by atoms with Gasteiger partial charge >= 0.3 is 0 Å². The number of amides is 4. The van der Waals surface area contributed by atoms with E-state index in [0.717, 1.165) is 6.42 Å². The van der Waals surface area contributed by atoms with E-state index in [1.165, 1.54) is 18.9 Å². The Hall–Kier alpha value is -2.90. The number of hydrogen-bond acceptors (Lipinski definition) is 4. The smallest absolute Gasteiger partial charge is 0.254 e. The van der Waals surface area contributed by atoms with Crippen LogP contribution in [0.25, 0.3) is 0 Å². The Bertz CT molecular complexity index is 779. The molecule has 2 heterocycles. The molecule has 3 rings (SSSR count). The molecular weight excluding hydrogens is 348 g/mol. The Kier molecular flexibility index (Phi) is 5.43. The molecule has 0 radical (unpaired) electrons. The first-order chi connectivity index (χ1) is 12.9. The summed E-state index contributed by atoms with van der Waals surface area (Å²) in [5, 5.41) is 2.55. The molecule has 0 saturated carbocycles. The fourth-order valence-corrected chi connectivity index (χ4v) is 3.65. The van der Waals surface area contributed by atoms with Crippen molar-refractivity contribution in [1.29, 1.82) is 0 Å². The van der Waals surface area contributed by atoms with Crippen LogP contribution in [0.15, 0.2) is 24.3 Å². The number of anilines is 1. The first kappa shape index (κ1) is 18.9. The fourth-order valence-electron chi connectivity index (χ4n) is 3.65. The molecule has 0 aliphatic carbocycles. The maximum atomic E-state index is 13.0. The van der Waals surface area contributed by atoms with Crippen LogP contribution in [-0.4, -0.2) is 72.7 Å². The molecule has 0 bridgehead atoms. The molecular formula is C19H24N4O4. The number of nitrogens with zero attached hydrogens (tertiary/aromatic N) is 3. The molecule has 2 aliphatic heterocycles. The molecule has 1 aromatic carbocycles. The Labute approximate surface area is 158 Å². The molecule has 8 heteroatoms. The Balaban J connectivity index is 1.78. The van der Waals surface area contributed by atoms with Crippen molar-refractivity contribution in [2.24, 2.45) is 0 Å². The van der Waals surface area contributed by atoms with Crippen LogP contribution in [0.5, 0.6) is 0 Å². The number of carbonyl (C=O) groups is 4. The highest BCUT2D eigenvalue weighted by Crippen LogP contribution is 2.23. The second kappa shape index (κ2) is 7.77. The van der Waals surface area contributed by atoms with Gasteiger partial charge < -0.3 is 20.0 Å². The van der Waals surface area contributed by atoms with E-state index in [2.05, 4.69) is 5.32 Å². The SMILES string of the molecule is CNC(=O)[C@@H]1CN(C(=O)c2cccc(N3CCCC3=O)c2)CCN1C(C)=O. The first-order valence-electron chi connectivity index (χ1n) is 9.11. The third-order valence-corrected chi connectivity index (χ3v) is 5.10. The lowest BCUT2D eigenvalue weighted by Gasteiger charge is -2.40. The molecule has 0 spiro atoms. The van der Waals surface area contributed by atoms with E-state index in [-0.39, 0.29) is 30.2 Å². The quantitative estimate of drug-likeness (QED) is 0.823. The average molecular weight is 372 g/mol. The molecule has 8 nitrogen and oxygen atoms in total. The lowest BCUT2D eigenvalue weighted by molar-refractivity contribution is -0.141. The minimum Gasteiger partial charge on any atom is -0.357 e. The lowest BCUT2D eigenvalue weighted by atomic mass is 10.1. The summed E-state index contributed by atoms with van der Waals surface area (Å²) in [6.07, 6.45) is 1.34. The van der Waals surface area contributed by atoms with Crippen LogP contribution >= 0.6 is 0 Å². The van der Waals surface area contributed by atoms with Crippen molar-refractivity contribution in [3.63, 3.8) is 0 Å². The van der Waals surface area contributed by atoms with E-state index in [4.69, 9.17) is 0 Å². The maximum absolute atomic E-state index is 13.0. The summed E-state index contributed by atoms with van der Waals surface area (Å²) in [4.78, 5) is 53.7. The third kappa shape index (κ3) is 3.79. The summed E-state index contributed by atoms with van der Waals surface area (Å²) in [5.74, 6) is -0.626. The summed E-state index contributed by atoms with van der Waals surface area (Å²) in [6.45, 7) is 2.89. The van der Waals surface area contributed by atoms with Gasteiger partial charge in [0.15, 0.2) is 0 Å². The highest BCUT2D eigenvalue weighted by Gasteiger charge is 2.35. The van der Waals surface area contributed by atoms with Crippen LogP contribution in [-0.2, 0) is 14.4 Å². The predicted octanol–water partition coefficient (Wildman–Crippen LogP) is 0.232. The van der Waals surface area contributed by atoms with Gasteiger partial charge in [-0.2, -0.15) is 0 Å². The normalized spacial score (nSPS) is 20.0. The summed E-state index contributed by atoms with van der Waals surface area (Å²) >= 11 is 0. The van der Waals surface area contributed by atoms with Crippen LogP contribution in [0.3, 0.4) is 0 Å². The summed E-state index contributed by atoms with van der Waals surface area (Å²) in [5.41, 5.74) is 1.19. The van der Waals surface area contributed by atoms with Gasteiger partial charge in [0, 0.05) is 51.3 Å². The van der Waals surface area contributed by atoms with Crippen molar-refractivity contribution in [2.45, 2.75) is 25.8 Å². The Morgan fingerprint density at radius 3 is 2.56 bits per heavy atom. The van der Waals surface area contributed by atoms with Gasteiger partial charge in [-0.3, -0.25) is 19.2 Å². The summed E-state index contributed by atoms with van der Waals surface area (Å²) in [6, 6.07) is 6.31. The Morgan fingerprint density at radius 1 is 1.15 bits per heavy atom. The molecule has 2 fully saturated rings. The molecule has 4 amide bonds. The van der Waals surface area contributed by atoms with Crippen LogP contribution in [0.1, 0.15) is 30.1 Å². The van der Waals surface area contributed by atoms with E-state index >= 15 is 0 Å². The van der Waals surface area contributed by atoms with E-state index in [1.54, 1.807) is 28.0 Å². The molecule has 27 heavy (non-hydrogen) atoms. The van der Waals surface area contributed by atoms with Crippen LogP contribution < -0.4 is 10.2 Å². The van der Waals surface area contributed by atoms with Crippen molar-refractivity contribution < 1.29 is 19.2 Å². The highest BCUT2D eigenvalue weighted by molar-refractivity contribution is 5.99. The number of hydrogen-bond donors (Lipinski definition) is 1. The number of benzene rings is 1. The standard InChI is InChI=1S/C19H24N4O4/c1-13(24)22-10-9-21(12-16(22)18(26)20-2)19(27)14-5-3-6-15(11-14)23-8-4-7-17(23)25/h3,5-6,11,16H,4,7-10,12H2,1-2H3,(H,20,26)/t16-/m0/s1. The van der Waals surface area contributed by atoms with Gasteiger partial charge in [0.25, 0.3) is 5.91 Å². The monoisotopic (exact) mass is 372 g/mol. The van der Waals surface area contributed by atoms with Crippen molar-refractivity contribution >= 4 is 29.3 Å². The molecule has 2 aliphatic rings. The van der Waals surface area contributed by atoms with Crippen molar-refractivity contribution in [1.82, 2.24) is 15.1 Å². The van der Waals surface area contributed by atoms with Gasteiger partial charge in [0.1, 0.15) is 6.04 Å². The molecule has 144 valence electrons. The van der Waals surface area contributed by atoms with Crippen LogP contribution in [0.4, 0.5) is 5.69 Å². The van der Waals surface area contributed by atoms with Gasteiger partial charge in [0.2, 0.25) is 17.7 Å². The second-order valence-corrected chi connectivity index (χ2v) is 6.79. The van der Waals surface area contributed by atoms with E-state index in [1.807, 2.05) is 6.07 Å². The van der Waals surface area contributed by atoms with Gasteiger partial charge in [-0.05, 0) is 24.6 Å². The minimum atomic E-state index is -0.700. The van der Waals surface area contributed by atoms with Crippen molar-refractivity contribution in [3.05, 3.63) is 29.8 Å². The summed E-state index contributed by atoms with van der Waals surface area (Å²) < 4.78 is 0. The lowest BCUT2D eigenvalue weighted by Crippen LogP contribution is -2.60. The van der Waals surface area contributed by atoms with E-state index in [0.29, 0.717) is 37.3 Å². The molecule has 1 atom stereocenters. The Morgan fingerprint density at radius 2 is 1.93 bits per heavy atom. The van der Waals surface area contributed by atoms with Gasteiger partial charge in [-0.1, -0.05) is 6.07 Å². The molecule has 0 aromatic heterocycles. The maximum Gasteiger partial charge on any atom is 0.254 e. The fraction of sp³-hybridized carbons (Fsp3) is 0.474. The first-order valence-corrected chi connectivity index (χ1v) is 9.11. The van der Waals surface area contributed by atoms with Gasteiger partial charge in [-0.25, -0.2) is 0 Å². The number of carbonyl (C=O) groups excluding carboxylic acids is 4. The highest BCUT2D eigenvalue weighted by atomic mass is 16.2. The number of nitrogens with one attached hydrogen (secondary N) is 1. The predicted molar refractivity (Wildman–Crippen MR) is 99.2 cm³/mol. The number of likely N-dealkylation sites (N-methyl/N-ethyl adjacent to an activating group) is 1. The minimum absolute atomic E-state index is 0.0642. The zero-order chi connectivity index (χ0) is 19.6. The summed E-state index contributed by atoms with van der Waals surface area (Å²) in [7, 11) is 1.51. The van der Waals surface area contributed by atoms with Crippen LogP contribution in [0, 0.1) is 0 Å². The molecule has 1 N–H and O–H groups in total. The molecule has 1 aromatic rings. The molecule has 0 unspecified atom stereocenters. The van der Waals surface area contributed by atoms with Gasteiger partial charge in [0.05, 0.1) is 6.54 Å². The van der Waals surface area contributed by atoms with E-state index < -0.39 is 6.04 Å². The topological polar surface area (TPSA) is 90.0 Å². The largest absolute Gasteiger partial charge is 0.357 e. The van der Waals surface area contributed by atoms with Crippen molar-refractivity contribution in [3.8, 4) is 0 Å². The van der Waals surface area contributed by atoms with E-state index in [9.17, 15) is 19.2 Å². The molecule has 2 saturated heterocycles. The third-order valence-electron chi connectivity index (χ3n) is 5.10. The van der Waals surface area contributed by atoms with Gasteiger partial charge in [-0.15, -0.1) is 0 Å². The van der Waals surface area contributed by atoms with Crippen LogP contribution in [0.2, 0.25) is 0 Å². The zero-order valence-electron chi connectivity index (χ0n) is 15.6. The number of piperazine rings is 1. The zero-order valence-corrected chi connectivity index (χ0v) is 15.6.